The minimum Gasteiger partial charge on any atom is -0.310 e. The number of unbranched alkanes of at least 4 members (excludes halogenated alkanes) is 10. The zero-order valence-corrected chi connectivity index (χ0v) is 45.6. The van der Waals surface area contributed by atoms with Gasteiger partial charge in [0.15, 0.2) is 0 Å². The summed E-state index contributed by atoms with van der Waals surface area (Å²) in [4.78, 5) is 2.52. The summed E-state index contributed by atoms with van der Waals surface area (Å²) in [5, 5.41) is 0. The topological polar surface area (TPSA) is 3.24 Å². The number of benzene rings is 9. The number of rotatable bonds is 23. The van der Waals surface area contributed by atoms with Gasteiger partial charge in [-0.15, -0.1) is 0 Å². The molecule has 0 aromatic heterocycles. The predicted octanol–water partition coefficient (Wildman–Crippen LogP) is 21.9. The van der Waals surface area contributed by atoms with Crippen molar-refractivity contribution in [1.82, 2.24) is 0 Å². The molecule has 0 spiro atoms. The lowest BCUT2D eigenvalue weighted by molar-refractivity contribution is 0.398. The monoisotopic (exact) mass is 1000 g/mol. The van der Waals surface area contributed by atoms with Crippen LogP contribution in [0.2, 0.25) is 0 Å². The first kappa shape index (κ1) is 51.4. The van der Waals surface area contributed by atoms with Gasteiger partial charge in [-0.25, -0.2) is 0 Å². The highest BCUT2D eigenvalue weighted by Crippen LogP contribution is 2.61. The summed E-state index contributed by atoms with van der Waals surface area (Å²) >= 11 is 0. The summed E-state index contributed by atoms with van der Waals surface area (Å²) in [5.74, 6) is 0. The minimum absolute atomic E-state index is 0.0237. The van der Waals surface area contributed by atoms with E-state index in [-0.39, 0.29) is 5.41 Å². The molecule has 0 saturated carbocycles. The van der Waals surface area contributed by atoms with Gasteiger partial charge < -0.3 is 4.90 Å². The van der Waals surface area contributed by atoms with E-state index in [2.05, 4.69) is 244 Å². The Labute approximate surface area is 460 Å². The molecule has 0 unspecified atom stereocenters. The van der Waals surface area contributed by atoms with Crippen LogP contribution in [0.5, 0.6) is 0 Å². The molecule has 0 radical (unpaired) electrons. The predicted molar refractivity (Wildman–Crippen MR) is 332 cm³/mol. The number of anilines is 3. The molecule has 0 bridgehead atoms. The fourth-order valence-electron chi connectivity index (χ4n) is 13.5. The van der Waals surface area contributed by atoms with Gasteiger partial charge in [-0.05, 0) is 127 Å². The van der Waals surface area contributed by atoms with E-state index in [1.54, 1.807) is 11.1 Å². The molecule has 9 aromatic carbocycles. The first-order valence-electron chi connectivity index (χ1n) is 29.0. The molecule has 2 aliphatic rings. The Balaban J connectivity index is 1.07. The molecule has 11 rings (SSSR count). The van der Waals surface area contributed by atoms with E-state index >= 15 is 0 Å². The number of hydrogen-bond donors (Lipinski definition) is 0. The smallest absolute Gasteiger partial charge is 0.0734 e. The van der Waals surface area contributed by atoms with Crippen molar-refractivity contribution in [3.63, 3.8) is 0 Å². The first-order valence-corrected chi connectivity index (χ1v) is 29.0. The van der Waals surface area contributed by atoms with E-state index in [1.165, 1.54) is 157 Å². The molecule has 0 aliphatic heterocycles. The molecule has 0 amide bonds. The third kappa shape index (κ3) is 9.65. The van der Waals surface area contributed by atoms with E-state index < -0.39 is 5.41 Å². The summed E-state index contributed by atoms with van der Waals surface area (Å²) in [6.45, 7) is 12.9. The average Bonchev–Trinajstić information content (AvgIpc) is 4.17. The minimum atomic E-state index is -0.653. The van der Waals surface area contributed by atoms with Crippen LogP contribution in [0.3, 0.4) is 0 Å². The van der Waals surface area contributed by atoms with Crippen LogP contribution in [0.15, 0.2) is 225 Å². The van der Waals surface area contributed by atoms with Crippen LogP contribution in [0.25, 0.3) is 56.7 Å². The molecular formula is C76H75N. The third-order valence-corrected chi connectivity index (χ3v) is 17.3. The van der Waals surface area contributed by atoms with Crippen LogP contribution in [-0.4, -0.2) is 0 Å². The molecule has 9 aromatic rings. The van der Waals surface area contributed by atoms with Gasteiger partial charge in [0.2, 0.25) is 0 Å². The fraction of sp³-hybridized carbons (Fsp3) is 0.237. The van der Waals surface area contributed by atoms with Crippen molar-refractivity contribution in [2.75, 3.05) is 4.90 Å². The van der Waals surface area contributed by atoms with Gasteiger partial charge in [0.1, 0.15) is 0 Å². The number of nitrogens with zero attached hydrogens (tertiary/aromatic N) is 1. The molecule has 2 aliphatic carbocycles. The number of fused-ring (bicyclic) bond motifs is 6. The lowest BCUT2D eigenvalue weighted by Crippen LogP contribution is -2.30. The van der Waals surface area contributed by atoms with Crippen LogP contribution in [0, 0.1) is 0 Å². The van der Waals surface area contributed by atoms with Crippen LogP contribution >= 0.6 is 0 Å². The summed E-state index contributed by atoms with van der Waals surface area (Å²) in [6.07, 6.45) is 22.1. The zero-order valence-electron chi connectivity index (χ0n) is 45.6. The maximum atomic E-state index is 4.14. The Hall–Kier alpha value is -7.74. The van der Waals surface area contributed by atoms with Gasteiger partial charge in [-0.1, -0.05) is 298 Å². The van der Waals surface area contributed by atoms with Gasteiger partial charge in [0.05, 0.1) is 11.1 Å². The van der Waals surface area contributed by atoms with Crippen LogP contribution in [0.1, 0.15) is 148 Å². The zero-order chi connectivity index (χ0) is 52.6. The average molecular weight is 1000 g/mol. The van der Waals surface area contributed by atoms with E-state index in [0.29, 0.717) is 0 Å². The Morgan fingerprint density at radius 1 is 0.364 bits per heavy atom. The van der Waals surface area contributed by atoms with Gasteiger partial charge in [-0.3, -0.25) is 0 Å². The van der Waals surface area contributed by atoms with Gasteiger partial charge in [0, 0.05) is 22.4 Å². The Bertz CT molecular complexity index is 3380. The second-order valence-corrected chi connectivity index (χ2v) is 21.8. The Morgan fingerprint density at radius 3 is 1.40 bits per heavy atom. The fourth-order valence-corrected chi connectivity index (χ4v) is 13.5. The van der Waals surface area contributed by atoms with Crippen molar-refractivity contribution in [3.8, 4) is 44.5 Å². The summed E-state index contributed by atoms with van der Waals surface area (Å²) < 4.78 is 0. The SMILES string of the molecule is C=Cc1ccc(C2(c3ccc(C=C)cc3)c3ccccc3-c3cccc(N(c4ccc(-c5ccccc5)cc4)c4ccc(-c5cccc6c5-c5ccccc5C6(CCCCCCCC)CCCCCCCC)cc4)c32)cc1. The van der Waals surface area contributed by atoms with E-state index in [0.717, 1.165) is 28.2 Å². The van der Waals surface area contributed by atoms with Crippen molar-refractivity contribution in [2.24, 2.45) is 0 Å². The van der Waals surface area contributed by atoms with Crippen molar-refractivity contribution < 1.29 is 0 Å². The van der Waals surface area contributed by atoms with Gasteiger partial charge >= 0.3 is 0 Å². The quantitative estimate of drug-likeness (QED) is 0.0577. The molecule has 0 atom stereocenters. The van der Waals surface area contributed by atoms with Crippen LogP contribution < -0.4 is 4.90 Å². The molecule has 0 saturated heterocycles. The molecule has 1 nitrogen and oxygen atoms in total. The van der Waals surface area contributed by atoms with E-state index in [1.807, 2.05) is 12.2 Å². The van der Waals surface area contributed by atoms with Crippen molar-refractivity contribution in [3.05, 3.63) is 270 Å². The van der Waals surface area contributed by atoms with Crippen LogP contribution in [-0.2, 0) is 10.8 Å². The van der Waals surface area contributed by atoms with Gasteiger partial charge in [-0.2, -0.15) is 0 Å². The van der Waals surface area contributed by atoms with Crippen molar-refractivity contribution >= 4 is 29.2 Å². The first-order chi connectivity index (χ1) is 38.0. The van der Waals surface area contributed by atoms with Crippen molar-refractivity contribution in [2.45, 2.75) is 115 Å². The second kappa shape index (κ2) is 23.2. The molecule has 0 heterocycles. The largest absolute Gasteiger partial charge is 0.310 e. The summed E-state index contributed by atoms with van der Waals surface area (Å²) in [6, 6.07) is 80.4. The molecule has 0 fully saturated rings. The van der Waals surface area contributed by atoms with Crippen LogP contribution in [0.4, 0.5) is 17.1 Å². The maximum Gasteiger partial charge on any atom is 0.0734 e. The number of hydrogen-bond acceptors (Lipinski definition) is 1. The molecule has 0 N–H and O–H groups in total. The normalized spacial score (nSPS) is 13.3. The van der Waals surface area contributed by atoms with E-state index in [4.69, 9.17) is 0 Å². The molecule has 1 heteroatoms. The van der Waals surface area contributed by atoms with Gasteiger partial charge in [0.25, 0.3) is 0 Å². The van der Waals surface area contributed by atoms with E-state index in [9.17, 15) is 0 Å². The highest BCUT2D eigenvalue weighted by molar-refractivity contribution is 5.96. The molecular weight excluding hydrogens is 927 g/mol. The summed E-state index contributed by atoms with van der Waals surface area (Å²) in [7, 11) is 0. The third-order valence-electron chi connectivity index (χ3n) is 17.3. The standard InChI is InChI=1S/C76H75N/c1-5-9-11-13-15-24-54-75(55-25-16-14-12-10-6-2)69-34-22-21-31-68(69)73-65(32-26-36-71(73)75)60-44-52-64(53-45-60)77(63-50-42-59(43-51-63)58-28-18-17-19-29-58)72-37-27-33-67-66-30-20-23-35-70(66)76(74(67)72,61-46-38-56(7-3)39-47-61)62-48-40-57(8-4)41-49-62/h7-8,17-23,26-53H,3-6,9-16,24-25,54-55H2,1-2H3. The Morgan fingerprint density at radius 2 is 0.818 bits per heavy atom. The van der Waals surface area contributed by atoms with Crippen molar-refractivity contribution in [1.29, 1.82) is 0 Å². The Kier molecular flexibility index (Phi) is 15.5. The molecule has 384 valence electrons. The lowest BCUT2D eigenvalue weighted by Gasteiger charge is -2.38. The highest BCUT2D eigenvalue weighted by atomic mass is 15.1. The molecule has 77 heavy (non-hydrogen) atoms. The highest BCUT2D eigenvalue weighted by Gasteiger charge is 2.49. The maximum absolute atomic E-state index is 4.14. The second-order valence-electron chi connectivity index (χ2n) is 21.8. The summed E-state index contributed by atoms with van der Waals surface area (Å²) in [5.41, 5.74) is 23.3. The lowest BCUT2D eigenvalue weighted by atomic mass is 9.67.